The standard InChI is InChI=1S/C16H25BrN2O/c1-3-15(14-11-12(17)5-6-16(14)20)18-13-7-9-19(4-2)10-8-13/h5-6,11,13,15,18,20H,3-4,7-10H2,1-2H3. The third-order valence-corrected chi connectivity index (χ3v) is 4.74. The zero-order valence-electron chi connectivity index (χ0n) is 12.4. The molecule has 0 amide bonds. The number of halogens is 1. The average Bonchev–Trinajstić information content (AvgIpc) is 2.48. The summed E-state index contributed by atoms with van der Waals surface area (Å²) in [4.78, 5) is 2.50. The summed E-state index contributed by atoms with van der Waals surface area (Å²) >= 11 is 3.49. The first kappa shape index (κ1) is 15.8. The van der Waals surface area contributed by atoms with E-state index in [2.05, 4.69) is 40.0 Å². The van der Waals surface area contributed by atoms with Crippen molar-refractivity contribution in [2.75, 3.05) is 19.6 Å². The minimum atomic E-state index is 0.227. The third-order valence-electron chi connectivity index (χ3n) is 4.24. The number of hydrogen-bond acceptors (Lipinski definition) is 3. The lowest BCUT2D eigenvalue weighted by Gasteiger charge is -2.34. The second kappa shape index (κ2) is 7.43. The molecule has 1 aliphatic rings. The quantitative estimate of drug-likeness (QED) is 0.858. The molecule has 3 nitrogen and oxygen atoms in total. The molecule has 1 saturated heterocycles. The Labute approximate surface area is 130 Å². The Morgan fingerprint density at radius 3 is 2.65 bits per heavy atom. The molecule has 112 valence electrons. The van der Waals surface area contributed by atoms with E-state index < -0.39 is 0 Å². The van der Waals surface area contributed by atoms with Gasteiger partial charge in [0.25, 0.3) is 0 Å². The van der Waals surface area contributed by atoms with Gasteiger partial charge in [-0.15, -0.1) is 0 Å². The van der Waals surface area contributed by atoms with Crippen LogP contribution in [0.25, 0.3) is 0 Å². The van der Waals surface area contributed by atoms with Crippen LogP contribution in [-0.4, -0.2) is 35.7 Å². The highest BCUT2D eigenvalue weighted by Gasteiger charge is 2.22. The summed E-state index contributed by atoms with van der Waals surface area (Å²) in [5.74, 6) is 0.388. The lowest BCUT2D eigenvalue weighted by Crippen LogP contribution is -2.43. The van der Waals surface area contributed by atoms with Crippen molar-refractivity contribution in [2.24, 2.45) is 0 Å². The number of aromatic hydroxyl groups is 1. The highest BCUT2D eigenvalue weighted by atomic mass is 79.9. The molecule has 0 aliphatic carbocycles. The maximum atomic E-state index is 10.1. The van der Waals surface area contributed by atoms with Crippen molar-refractivity contribution in [3.05, 3.63) is 28.2 Å². The molecule has 0 bridgehead atoms. The SMILES string of the molecule is CCC(NC1CCN(CC)CC1)c1cc(Br)ccc1O. The van der Waals surface area contributed by atoms with Crippen LogP contribution in [-0.2, 0) is 0 Å². The van der Waals surface area contributed by atoms with Crippen molar-refractivity contribution in [1.29, 1.82) is 0 Å². The fourth-order valence-corrected chi connectivity index (χ4v) is 3.31. The molecule has 1 unspecified atom stereocenters. The van der Waals surface area contributed by atoms with Crippen LogP contribution in [0.1, 0.15) is 44.7 Å². The Kier molecular flexibility index (Phi) is 5.87. The molecule has 1 aromatic carbocycles. The van der Waals surface area contributed by atoms with Crippen LogP contribution in [0, 0.1) is 0 Å². The number of phenols is 1. The van der Waals surface area contributed by atoms with Crippen molar-refractivity contribution in [2.45, 2.75) is 45.2 Å². The molecule has 1 aromatic rings. The first-order valence-corrected chi connectivity index (χ1v) is 8.40. The van der Waals surface area contributed by atoms with E-state index in [-0.39, 0.29) is 6.04 Å². The monoisotopic (exact) mass is 340 g/mol. The Morgan fingerprint density at radius 2 is 2.05 bits per heavy atom. The molecule has 0 spiro atoms. The fourth-order valence-electron chi connectivity index (χ4n) is 2.93. The number of phenolic OH excluding ortho intramolecular Hbond substituents is 1. The summed E-state index contributed by atoms with van der Waals surface area (Å²) in [5, 5.41) is 13.8. The van der Waals surface area contributed by atoms with E-state index in [1.165, 1.54) is 25.9 Å². The molecular weight excluding hydrogens is 316 g/mol. The zero-order chi connectivity index (χ0) is 14.5. The van der Waals surface area contributed by atoms with Gasteiger partial charge in [0.1, 0.15) is 5.75 Å². The molecule has 1 atom stereocenters. The zero-order valence-corrected chi connectivity index (χ0v) is 14.0. The summed E-state index contributed by atoms with van der Waals surface area (Å²) in [5.41, 5.74) is 1.000. The second-order valence-corrected chi connectivity index (χ2v) is 6.45. The van der Waals surface area contributed by atoms with Gasteiger partial charge in [0.2, 0.25) is 0 Å². The summed E-state index contributed by atoms with van der Waals surface area (Å²) in [6.45, 7) is 7.89. The van der Waals surface area contributed by atoms with Gasteiger partial charge in [-0.3, -0.25) is 0 Å². The third kappa shape index (κ3) is 3.96. The predicted molar refractivity (Wildman–Crippen MR) is 87.1 cm³/mol. The minimum absolute atomic E-state index is 0.227. The highest BCUT2D eigenvalue weighted by Crippen LogP contribution is 2.30. The molecule has 0 radical (unpaired) electrons. The van der Waals surface area contributed by atoms with Crippen molar-refractivity contribution < 1.29 is 5.11 Å². The molecule has 2 N–H and O–H groups in total. The number of hydrogen-bond donors (Lipinski definition) is 2. The van der Waals surface area contributed by atoms with Crippen molar-refractivity contribution >= 4 is 15.9 Å². The number of nitrogens with one attached hydrogen (secondary N) is 1. The van der Waals surface area contributed by atoms with Gasteiger partial charge in [-0.2, -0.15) is 0 Å². The lowest BCUT2D eigenvalue weighted by molar-refractivity contribution is 0.197. The first-order valence-electron chi connectivity index (χ1n) is 7.60. The van der Waals surface area contributed by atoms with Crippen LogP contribution in [0.15, 0.2) is 22.7 Å². The van der Waals surface area contributed by atoms with Gasteiger partial charge >= 0.3 is 0 Å². The number of rotatable bonds is 5. The molecule has 0 aromatic heterocycles. The van der Waals surface area contributed by atoms with E-state index in [0.29, 0.717) is 11.8 Å². The number of likely N-dealkylation sites (tertiary alicyclic amines) is 1. The fraction of sp³-hybridized carbons (Fsp3) is 0.625. The Hall–Kier alpha value is -0.580. The van der Waals surface area contributed by atoms with Gasteiger partial charge in [0.05, 0.1) is 0 Å². The molecule has 1 aliphatic heterocycles. The highest BCUT2D eigenvalue weighted by molar-refractivity contribution is 9.10. The van der Waals surface area contributed by atoms with Crippen LogP contribution in [0.4, 0.5) is 0 Å². The molecule has 20 heavy (non-hydrogen) atoms. The van der Waals surface area contributed by atoms with Crippen LogP contribution in [0.2, 0.25) is 0 Å². The van der Waals surface area contributed by atoms with Crippen molar-refractivity contribution in [1.82, 2.24) is 10.2 Å². The van der Waals surface area contributed by atoms with Gasteiger partial charge in [-0.05, 0) is 57.1 Å². The van der Waals surface area contributed by atoms with Crippen LogP contribution in [0.5, 0.6) is 5.75 Å². The lowest BCUT2D eigenvalue weighted by atomic mass is 9.98. The van der Waals surface area contributed by atoms with Gasteiger partial charge < -0.3 is 15.3 Å². The number of benzene rings is 1. The molecular formula is C16H25BrN2O. The summed E-state index contributed by atoms with van der Waals surface area (Å²) < 4.78 is 1.02. The smallest absolute Gasteiger partial charge is 0.120 e. The second-order valence-electron chi connectivity index (χ2n) is 5.54. The van der Waals surface area contributed by atoms with E-state index in [1.54, 1.807) is 6.07 Å². The topological polar surface area (TPSA) is 35.5 Å². The first-order chi connectivity index (χ1) is 9.63. The Balaban J connectivity index is 2.00. The van der Waals surface area contributed by atoms with Gasteiger partial charge in [-0.1, -0.05) is 29.8 Å². The van der Waals surface area contributed by atoms with Gasteiger partial charge in [0, 0.05) is 22.1 Å². The van der Waals surface area contributed by atoms with Gasteiger partial charge in [0.15, 0.2) is 0 Å². The summed E-state index contributed by atoms with van der Waals surface area (Å²) in [6, 6.07) is 6.46. The van der Waals surface area contributed by atoms with Crippen LogP contribution in [0.3, 0.4) is 0 Å². The van der Waals surface area contributed by atoms with E-state index in [1.807, 2.05) is 12.1 Å². The van der Waals surface area contributed by atoms with E-state index in [0.717, 1.165) is 23.0 Å². The number of piperidine rings is 1. The normalized spacial score (nSPS) is 19.1. The maximum absolute atomic E-state index is 10.1. The van der Waals surface area contributed by atoms with Crippen LogP contribution < -0.4 is 5.32 Å². The molecule has 4 heteroatoms. The van der Waals surface area contributed by atoms with Crippen molar-refractivity contribution in [3.63, 3.8) is 0 Å². The largest absolute Gasteiger partial charge is 0.508 e. The average molecular weight is 341 g/mol. The molecule has 1 heterocycles. The van der Waals surface area contributed by atoms with E-state index in [9.17, 15) is 5.11 Å². The summed E-state index contributed by atoms with van der Waals surface area (Å²) in [7, 11) is 0. The molecule has 2 rings (SSSR count). The predicted octanol–water partition coefficient (Wildman–Crippen LogP) is 3.68. The van der Waals surface area contributed by atoms with E-state index in [4.69, 9.17) is 0 Å². The number of nitrogens with zero attached hydrogens (tertiary/aromatic N) is 1. The Morgan fingerprint density at radius 1 is 1.35 bits per heavy atom. The molecule has 1 fully saturated rings. The van der Waals surface area contributed by atoms with Crippen molar-refractivity contribution in [3.8, 4) is 5.75 Å². The molecule has 0 saturated carbocycles. The maximum Gasteiger partial charge on any atom is 0.120 e. The Bertz CT molecular complexity index is 430. The van der Waals surface area contributed by atoms with Crippen LogP contribution >= 0.6 is 15.9 Å². The summed E-state index contributed by atoms with van der Waals surface area (Å²) in [6.07, 6.45) is 3.37. The minimum Gasteiger partial charge on any atom is -0.508 e. The van der Waals surface area contributed by atoms with Gasteiger partial charge in [-0.25, -0.2) is 0 Å². The van der Waals surface area contributed by atoms with E-state index >= 15 is 0 Å².